The highest BCUT2D eigenvalue weighted by Gasteiger charge is 2.10. The zero-order chi connectivity index (χ0) is 14.1. The number of nitrogens with one attached hydrogen (secondary N) is 1. The molecule has 0 saturated heterocycles. The number of aryl methyl sites for hydroxylation is 2. The first-order valence-electron chi connectivity index (χ1n) is 6.82. The first kappa shape index (κ1) is 13.1. The lowest BCUT2D eigenvalue weighted by molar-refractivity contribution is -0.696. The predicted octanol–water partition coefficient (Wildman–Crippen LogP) is 3.89. The van der Waals surface area contributed by atoms with Crippen molar-refractivity contribution in [3.05, 3.63) is 47.2 Å². The highest BCUT2D eigenvalue weighted by molar-refractivity contribution is 6.32. The minimum absolute atomic E-state index is 0.754. The summed E-state index contributed by atoms with van der Waals surface area (Å²) in [5.74, 6) is 0.882. The van der Waals surface area contributed by atoms with Crippen molar-refractivity contribution >= 4 is 22.6 Å². The minimum Gasteiger partial charge on any atom is -0.338 e. The third-order valence-electron chi connectivity index (χ3n) is 3.38. The number of fused-ring (bicyclic) bond motifs is 1. The molecule has 2 heterocycles. The topological polar surface area (TPSA) is 32.6 Å². The van der Waals surface area contributed by atoms with E-state index in [9.17, 15) is 0 Å². The van der Waals surface area contributed by atoms with Gasteiger partial charge in [-0.25, -0.2) is 9.55 Å². The van der Waals surface area contributed by atoms with E-state index in [2.05, 4.69) is 46.0 Å². The standard InChI is InChI=1S/C16H17ClN3/c1-3-6-20-7-4-5-12(10-20)16-18-14-8-11(2)13(17)9-15(14)19-16/h4-5,7-10H,3,6H2,1-2H3,(H,18,19)/q+1. The second-order valence-electron chi connectivity index (χ2n) is 5.03. The van der Waals surface area contributed by atoms with Gasteiger partial charge in [-0.3, -0.25) is 0 Å². The van der Waals surface area contributed by atoms with Gasteiger partial charge >= 0.3 is 0 Å². The van der Waals surface area contributed by atoms with E-state index >= 15 is 0 Å². The molecule has 4 heteroatoms. The first-order chi connectivity index (χ1) is 9.67. The number of aromatic amines is 1. The molecule has 0 fully saturated rings. The Morgan fingerprint density at radius 3 is 3.00 bits per heavy atom. The Balaban J connectivity index is 2.07. The molecule has 0 amide bonds. The third kappa shape index (κ3) is 2.41. The Morgan fingerprint density at radius 1 is 1.35 bits per heavy atom. The van der Waals surface area contributed by atoms with Gasteiger partial charge in [0.1, 0.15) is 12.4 Å². The number of hydrogen-bond acceptors (Lipinski definition) is 1. The van der Waals surface area contributed by atoms with E-state index in [1.807, 2.05) is 19.1 Å². The average molecular weight is 287 g/mol. The fourth-order valence-electron chi connectivity index (χ4n) is 2.34. The largest absolute Gasteiger partial charge is 0.338 e. The van der Waals surface area contributed by atoms with Gasteiger partial charge in [0.2, 0.25) is 0 Å². The molecule has 0 bridgehead atoms. The highest BCUT2D eigenvalue weighted by Crippen LogP contribution is 2.24. The van der Waals surface area contributed by atoms with Crippen LogP contribution >= 0.6 is 11.6 Å². The summed E-state index contributed by atoms with van der Waals surface area (Å²) in [6.45, 7) is 5.19. The molecular formula is C16H17ClN3+. The zero-order valence-electron chi connectivity index (χ0n) is 11.7. The normalized spacial score (nSPS) is 11.2. The maximum Gasteiger partial charge on any atom is 0.179 e. The van der Waals surface area contributed by atoms with Gasteiger partial charge in [0.05, 0.1) is 16.6 Å². The Labute approximate surface area is 123 Å². The smallest absolute Gasteiger partial charge is 0.179 e. The monoisotopic (exact) mass is 286 g/mol. The molecule has 0 aliphatic carbocycles. The fourth-order valence-corrected chi connectivity index (χ4v) is 2.49. The summed E-state index contributed by atoms with van der Waals surface area (Å²) in [6, 6.07) is 8.07. The Morgan fingerprint density at radius 2 is 2.20 bits per heavy atom. The van der Waals surface area contributed by atoms with Crippen LogP contribution in [0.2, 0.25) is 5.02 Å². The van der Waals surface area contributed by atoms with E-state index < -0.39 is 0 Å². The van der Waals surface area contributed by atoms with Gasteiger partial charge in [0, 0.05) is 17.5 Å². The van der Waals surface area contributed by atoms with Crippen LogP contribution < -0.4 is 4.57 Å². The first-order valence-corrected chi connectivity index (χ1v) is 7.20. The Hall–Kier alpha value is -1.87. The molecule has 0 unspecified atom stereocenters. The molecule has 1 aromatic carbocycles. The average Bonchev–Trinajstić information content (AvgIpc) is 2.83. The maximum absolute atomic E-state index is 6.15. The summed E-state index contributed by atoms with van der Waals surface area (Å²) in [7, 11) is 0. The molecule has 3 nitrogen and oxygen atoms in total. The lowest BCUT2D eigenvalue weighted by atomic mass is 10.2. The predicted molar refractivity (Wildman–Crippen MR) is 81.8 cm³/mol. The van der Waals surface area contributed by atoms with Crippen LogP contribution in [0.4, 0.5) is 0 Å². The molecule has 102 valence electrons. The van der Waals surface area contributed by atoms with Gasteiger partial charge in [0.15, 0.2) is 12.4 Å². The molecule has 3 aromatic rings. The van der Waals surface area contributed by atoms with Crippen LogP contribution in [0.15, 0.2) is 36.7 Å². The molecule has 0 aliphatic heterocycles. The van der Waals surface area contributed by atoms with Crippen LogP contribution in [0, 0.1) is 6.92 Å². The third-order valence-corrected chi connectivity index (χ3v) is 3.78. The van der Waals surface area contributed by atoms with Gasteiger partial charge in [-0.15, -0.1) is 0 Å². The molecule has 1 N–H and O–H groups in total. The summed E-state index contributed by atoms with van der Waals surface area (Å²) >= 11 is 6.15. The summed E-state index contributed by atoms with van der Waals surface area (Å²) in [4.78, 5) is 8.00. The SMILES string of the molecule is CCC[n+]1cccc(-c2nc3cc(Cl)c(C)cc3[nH]2)c1. The second-order valence-corrected chi connectivity index (χ2v) is 5.44. The second kappa shape index (κ2) is 5.25. The lowest BCUT2D eigenvalue weighted by Crippen LogP contribution is -2.32. The van der Waals surface area contributed by atoms with Crippen molar-refractivity contribution in [2.24, 2.45) is 0 Å². The van der Waals surface area contributed by atoms with Crippen LogP contribution in [0.1, 0.15) is 18.9 Å². The van der Waals surface area contributed by atoms with Gasteiger partial charge in [-0.2, -0.15) is 0 Å². The zero-order valence-corrected chi connectivity index (χ0v) is 12.4. The summed E-state index contributed by atoms with van der Waals surface area (Å²) in [6.07, 6.45) is 5.31. The fraction of sp³-hybridized carbons (Fsp3) is 0.250. The van der Waals surface area contributed by atoms with Crippen molar-refractivity contribution in [1.82, 2.24) is 9.97 Å². The number of aromatic nitrogens is 3. The molecule has 0 saturated carbocycles. The molecule has 0 radical (unpaired) electrons. The van der Waals surface area contributed by atoms with Gasteiger partial charge < -0.3 is 4.98 Å². The number of pyridine rings is 1. The number of hydrogen-bond donors (Lipinski definition) is 1. The van der Waals surface area contributed by atoms with E-state index in [1.165, 1.54) is 0 Å². The van der Waals surface area contributed by atoms with Gasteiger partial charge in [-0.1, -0.05) is 18.5 Å². The van der Waals surface area contributed by atoms with Crippen molar-refractivity contribution in [3.8, 4) is 11.4 Å². The molecule has 3 rings (SSSR count). The van der Waals surface area contributed by atoms with E-state index in [-0.39, 0.29) is 0 Å². The maximum atomic E-state index is 6.15. The Kier molecular flexibility index (Phi) is 3.45. The highest BCUT2D eigenvalue weighted by atomic mass is 35.5. The van der Waals surface area contributed by atoms with Crippen molar-refractivity contribution in [1.29, 1.82) is 0 Å². The number of imidazole rings is 1. The minimum atomic E-state index is 0.754. The summed E-state index contributed by atoms with van der Waals surface area (Å²) in [5, 5.41) is 0.754. The summed E-state index contributed by atoms with van der Waals surface area (Å²) in [5.41, 5.74) is 4.07. The van der Waals surface area contributed by atoms with E-state index in [1.54, 1.807) is 0 Å². The van der Waals surface area contributed by atoms with Crippen LogP contribution in [-0.4, -0.2) is 9.97 Å². The van der Waals surface area contributed by atoms with Crippen LogP contribution in [0.3, 0.4) is 0 Å². The molecular weight excluding hydrogens is 270 g/mol. The lowest BCUT2D eigenvalue weighted by Gasteiger charge is -1.96. The number of benzene rings is 1. The molecule has 20 heavy (non-hydrogen) atoms. The van der Waals surface area contributed by atoms with E-state index in [4.69, 9.17) is 11.6 Å². The molecule has 0 spiro atoms. The van der Waals surface area contributed by atoms with Crippen molar-refractivity contribution in [2.45, 2.75) is 26.8 Å². The molecule has 0 atom stereocenters. The Bertz CT molecular complexity index is 723. The molecule has 0 aliphatic rings. The van der Waals surface area contributed by atoms with Gasteiger partial charge in [-0.05, 0) is 30.7 Å². The van der Waals surface area contributed by atoms with Gasteiger partial charge in [0.25, 0.3) is 0 Å². The van der Waals surface area contributed by atoms with Crippen LogP contribution in [-0.2, 0) is 6.54 Å². The number of H-pyrrole nitrogens is 1. The number of halogens is 1. The number of rotatable bonds is 3. The number of nitrogens with zero attached hydrogens (tertiary/aromatic N) is 2. The summed E-state index contributed by atoms with van der Waals surface area (Å²) < 4.78 is 2.18. The van der Waals surface area contributed by atoms with E-state index in [0.29, 0.717) is 0 Å². The van der Waals surface area contributed by atoms with Crippen LogP contribution in [0.25, 0.3) is 22.4 Å². The van der Waals surface area contributed by atoms with Crippen LogP contribution in [0.5, 0.6) is 0 Å². The van der Waals surface area contributed by atoms with E-state index in [0.717, 1.165) is 46.0 Å². The van der Waals surface area contributed by atoms with Crippen molar-refractivity contribution in [2.75, 3.05) is 0 Å². The van der Waals surface area contributed by atoms with Crippen molar-refractivity contribution < 1.29 is 4.57 Å². The van der Waals surface area contributed by atoms with Crippen molar-refractivity contribution in [3.63, 3.8) is 0 Å². The molecule has 2 aromatic heterocycles. The quantitative estimate of drug-likeness (QED) is 0.728.